The first-order valence-electron chi connectivity index (χ1n) is 10.7. The van der Waals surface area contributed by atoms with Crippen molar-refractivity contribution in [1.82, 2.24) is 0 Å². The van der Waals surface area contributed by atoms with Crippen LogP contribution in [-0.4, -0.2) is 6.04 Å². The van der Waals surface area contributed by atoms with Crippen LogP contribution in [0, 0.1) is 11.3 Å². The van der Waals surface area contributed by atoms with Crippen LogP contribution < -0.4 is 5.73 Å². The van der Waals surface area contributed by atoms with Crippen LogP contribution in [0.25, 0.3) is 0 Å². The molecule has 0 aromatic rings. The van der Waals surface area contributed by atoms with Crippen LogP contribution in [0.15, 0.2) is 0 Å². The number of unbranched alkanes of at least 4 members (excludes halogenated alkanes) is 12. The quantitative estimate of drug-likeness (QED) is 0.292. The molecule has 23 heavy (non-hydrogen) atoms. The molecule has 1 atom stereocenters. The molecule has 0 amide bonds. The van der Waals surface area contributed by atoms with E-state index in [2.05, 4.69) is 34.6 Å². The zero-order chi connectivity index (χ0) is 17.6. The summed E-state index contributed by atoms with van der Waals surface area (Å²) in [6.45, 7) is 11.5. The fourth-order valence-corrected chi connectivity index (χ4v) is 3.18. The lowest BCUT2D eigenvalue weighted by atomic mass is 9.73. The number of nitrogens with two attached hydrogens (primary N) is 1. The molecule has 1 nitrogen and oxygen atoms in total. The van der Waals surface area contributed by atoms with Crippen LogP contribution in [-0.2, 0) is 0 Å². The first-order chi connectivity index (χ1) is 10.9. The van der Waals surface area contributed by atoms with Crippen molar-refractivity contribution in [2.75, 3.05) is 0 Å². The Morgan fingerprint density at radius 1 is 0.652 bits per heavy atom. The molecule has 0 heterocycles. The fourth-order valence-electron chi connectivity index (χ4n) is 3.18. The van der Waals surface area contributed by atoms with E-state index < -0.39 is 0 Å². The van der Waals surface area contributed by atoms with Gasteiger partial charge in [-0.3, -0.25) is 0 Å². The van der Waals surface area contributed by atoms with E-state index in [1.54, 1.807) is 0 Å². The first-order valence-corrected chi connectivity index (χ1v) is 10.7. The van der Waals surface area contributed by atoms with Crippen LogP contribution in [0.3, 0.4) is 0 Å². The van der Waals surface area contributed by atoms with Gasteiger partial charge in [-0.1, -0.05) is 118 Å². The first kappa shape index (κ1) is 23.0. The highest BCUT2D eigenvalue weighted by Crippen LogP contribution is 2.31. The standard InChI is InChI=1S/C22H47N/c1-6-7-8-9-10-11-12-13-14-15-16-17-18-19-21(23)22(4,5)20(2)3/h20-21H,6-19,23H2,1-5H3. The molecule has 0 fully saturated rings. The molecule has 0 rings (SSSR count). The monoisotopic (exact) mass is 325 g/mol. The summed E-state index contributed by atoms with van der Waals surface area (Å²) in [6.07, 6.45) is 19.7. The lowest BCUT2D eigenvalue weighted by Crippen LogP contribution is -2.40. The highest BCUT2D eigenvalue weighted by atomic mass is 14.7. The van der Waals surface area contributed by atoms with Crippen LogP contribution >= 0.6 is 0 Å². The van der Waals surface area contributed by atoms with Gasteiger partial charge in [0.1, 0.15) is 0 Å². The van der Waals surface area contributed by atoms with Gasteiger partial charge in [-0.2, -0.15) is 0 Å². The summed E-state index contributed by atoms with van der Waals surface area (Å²) in [6, 6.07) is 0.357. The SMILES string of the molecule is CCCCCCCCCCCCCCCC(N)C(C)(C)C(C)C. The zero-order valence-electron chi connectivity index (χ0n) is 17.1. The molecule has 140 valence electrons. The van der Waals surface area contributed by atoms with Crippen molar-refractivity contribution in [3.63, 3.8) is 0 Å². The molecule has 0 saturated carbocycles. The van der Waals surface area contributed by atoms with Crippen molar-refractivity contribution in [3.8, 4) is 0 Å². The molecule has 0 aliphatic carbocycles. The highest BCUT2D eigenvalue weighted by molar-refractivity contribution is 4.83. The summed E-state index contributed by atoms with van der Waals surface area (Å²) in [5.74, 6) is 0.666. The van der Waals surface area contributed by atoms with Gasteiger partial charge in [-0.15, -0.1) is 0 Å². The Balaban J connectivity index is 3.31. The molecule has 1 heteroatoms. The average Bonchev–Trinajstić information content (AvgIpc) is 2.51. The molecular formula is C22H47N. The minimum Gasteiger partial charge on any atom is -0.327 e. The lowest BCUT2D eigenvalue weighted by Gasteiger charge is -2.35. The van der Waals surface area contributed by atoms with E-state index in [9.17, 15) is 0 Å². The van der Waals surface area contributed by atoms with Gasteiger partial charge in [0.15, 0.2) is 0 Å². The largest absolute Gasteiger partial charge is 0.327 e. The molecule has 0 saturated heterocycles. The average molecular weight is 326 g/mol. The normalized spacial score (nSPS) is 13.7. The summed E-state index contributed by atoms with van der Waals surface area (Å²) >= 11 is 0. The van der Waals surface area contributed by atoms with Crippen LogP contribution in [0.4, 0.5) is 0 Å². The zero-order valence-corrected chi connectivity index (χ0v) is 17.1. The summed E-state index contributed by atoms with van der Waals surface area (Å²) in [4.78, 5) is 0. The third-order valence-electron chi connectivity index (χ3n) is 6.06. The van der Waals surface area contributed by atoms with Crippen molar-refractivity contribution >= 4 is 0 Å². The molecule has 2 N–H and O–H groups in total. The lowest BCUT2D eigenvalue weighted by molar-refractivity contribution is 0.184. The van der Waals surface area contributed by atoms with E-state index in [4.69, 9.17) is 5.73 Å². The maximum absolute atomic E-state index is 6.39. The molecule has 0 aromatic carbocycles. The molecule has 0 spiro atoms. The molecular weight excluding hydrogens is 278 g/mol. The maximum atomic E-state index is 6.39. The Morgan fingerprint density at radius 3 is 1.35 bits per heavy atom. The van der Waals surface area contributed by atoms with Gasteiger partial charge in [0.25, 0.3) is 0 Å². The van der Waals surface area contributed by atoms with Gasteiger partial charge in [-0.05, 0) is 17.8 Å². The molecule has 0 aromatic heterocycles. The smallest absolute Gasteiger partial charge is 0.00927 e. The number of hydrogen-bond donors (Lipinski definition) is 1. The molecule has 1 unspecified atom stereocenters. The summed E-state index contributed by atoms with van der Waals surface area (Å²) in [7, 11) is 0. The Bertz CT molecular complexity index is 244. The van der Waals surface area contributed by atoms with Crippen LogP contribution in [0.1, 0.15) is 125 Å². The minimum atomic E-state index is 0.275. The molecule has 0 aliphatic heterocycles. The number of rotatable bonds is 16. The topological polar surface area (TPSA) is 26.0 Å². The fraction of sp³-hybridized carbons (Fsp3) is 1.00. The third kappa shape index (κ3) is 12.0. The second-order valence-corrected chi connectivity index (χ2v) is 8.61. The van der Waals surface area contributed by atoms with Crippen molar-refractivity contribution in [2.24, 2.45) is 17.1 Å². The van der Waals surface area contributed by atoms with Crippen LogP contribution in [0.2, 0.25) is 0 Å². The third-order valence-corrected chi connectivity index (χ3v) is 6.06. The second-order valence-electron chi connectivity index (χ2n) is 8.61. The van der Waals surface area contributed by atoms with Gasteiger partial charge in [-0.25, -0.2) is 0 Å². The predicted molar refractivity (Wildman–Crippen MR) is 107 cm³/mol. The summed E-state index contributed by atoms with van der Waals surface area (Å²) in [5.41, 5.74) is 6.67. The highest BCUT2D eigenvalue weighted by Gasteiger charge is 2.29. The van der Waals surface area contributed by atoms with Gasteiger partial charge in [0.05, 0.1) is 0 Å². The minimum absolute atomic E-state index is 0.275. The Hall–Kier alpha value is -0.0400. The van der Waals surface area contributed by atoms with E-state index in [-0.39, 0.29) is 5.41 Å². The van der Waals surface area contributed by atoms with E-state index in [1.807, 2.05) is 0 Å². The van der Waals surface area contributed by atoms with Crippen molar-refractivity contribution in [2.45, 2.75) is 131 Å². The predicted octanol–water partition coefficient (Wildman–Crippen LogP) is 7.48. The van der Waals surface area contributed by atoms with Gasteiger partial charge in [0.2, 0.25) is 0 Å². The van der Waals surface area contributed by atoms with E-state index >= 15 is 0 Å². The Morgan fingerprint density at radius 2 is 1.00 bits per heavy atom. The molecule has 0 aliphatic rings. The van der Waals surface area contributed by atoms with Crippen molar-refractivity contribution in [1.29, 1.82) is 0 Å². The second kappa shape index (κ2) is 14.3. The van der Waals surface area contributed by atoms with Gasteiger partial charge in [0, 0.05) is 6.04 Å². The van der Waals surface area contributed by atoms with Crippen molar-refractivity contribution < 1.29 is 0 Å². The Kier molecular flexibility index (Phi) is 14.3. The van der Waals surface area contributed by atoms with Gasteiger partial charge < -0.3 is 5.73 Å². The Labute approximate surface area is 148 Å². The van der Waals surface area contributed by atoms with Crippen LogP contribution in [0.5, 0.6) is 0 Å². The molecule has 0 radical (unpaired) electrons. The van der Waals surface area contributed by atoms with E-state index in [0.29, 0.717) is 12.0 Å². The van der Waals surface area contributed by atoms with Gasteiger partial charge >= 0.3 is 0 Å². The maximum Gasteiger partial charge on any atom is 0.00927 e. The summed E-state index contributed by atoms with van der Waals surface area (Å²) < 4.78 is 0. The van der Waals surface area contributed by atoms with Crippen molar-refractivity contribution in [3.05, 3.63) is 0 Å². The number of hydrogen-bond acceptors (Lipinski definition) is 1. The van der Waals surface area contributed by atoms with E-state index in [1.165, 1.54) is 89.9 Å². The summed E-state index contributed by atoms with van der Waals surface area (Å²) in [5, 5.41) is 0. The van der Waals surface area contributed by atoms with E-state index in [0.717, 1.165) is 0 Å². The molecule has 0 bridgehead atoms.